The van der Waals surface area contributed by atoms with Crippen molar-refractivity contribution < 1.29 is 18.8 Å². The third kappa shape index (κ3) is 3.61. The van der Waals surface area contributed by atoms with Gasteiger partial charge in [-0.3, -0.25) is 9.78 Å². The summed E-state index contributed by atoms with van der Waals surface area (Å²) in [6, 6.07) is 6.83. The van der Waals surface area contributed by atoms with E-state index < -0.39 is 11.5 Å². The van der Waals surface area contributed by atoms with Gasteiger partial charge in [-0.05, 0) is 39.0 Å². The van der Waals surface area contributed by atoms with Crippen molar-refractivity contribution in [2.24, 2.45) is 0 Å². The normalized spacial score (nSPS) is 13.4. The van der Waals surface area contributed by atoms with E-state index in [0.29, 0.717) is 22.8 Å². The van der Waals surface area contributed by atoms with Crippen LogP contribution >= 0.6 is 0 Å². The number of aryl methyl sites for hydroxylation is 2. The SMILES string of the molecule is Cc1cc(C(C)(O)CNC(=O)c2cc(-c3ccncc3)on2)c(C)o1. The molecule has 7 heteroatoms. The van der Waals surface area contributed by atoms with E-state index in [1.54, 1.807) is 57.4 Å². The molecule has 0 saturated heterocycles. The van der Waals surface area contributed by atoms with Gasteiger partial charge in [-0.25, -0.2) is 0 Å². The Labute approximate surface area is 144 Å². The third-order valence-electron chi connectivity index (χ3n) is 3.92. The lowest BCUT2D eigenvalue weighted by molar-refractivity contribution is 0.0511. The molecule has 1 unspecified atom stereocenters. The van der Waals surface area contributed by atoms with Crippen LogP contribution in [-0.4, -0.2) is 27.7 Å². The molecule has 1 atom stereocenters. The van der Waals surface area contributed by atoms with Gasteiger partial charge in [-0.2, -0.15) is 0 Å². The summed E-state index contributed by atoms with van der Waals surface area (Å²) in [5, 5.41) is 17.1. The van der Waals surface area contributed by atoms with Crippen molar-refractivity contribution in [3.8, 4) is 11.3 Å². The van der Waals surface area contributed by atoms with Gasteiger partial charge in [0.15, 0.2) is 11.5 Å². The van der Waals surface area contributed by atoms with Gasteiger partial charge in [-0.15, -0.1) is 0 Å². The first kappa shape index (κ1) is 16.9. The van der Waals surface area contributed by atoms with Gasteiger partial charge >= 0.3 is 0 Å². The number of furan rings is 1. The Hall–Kier alpha value is -2.93. The van der Waals surface area contributed by atoms with Gasteiger partial charge < -0.3 is 19.4 Å². The zero-order chi connectivity index (χ0) is 18.0. The maximum atomic E-state index is 12.3. The van der Waals surface area contributed by atoms with Crippen LogP contribution in [0.5, 0.6) is 0 Å². The van der Waals surface area contributed by atoms with Crippen molar-refractivity contribution in [2.45, 2.75) is 26.4 Å². The summed E-state index contributed by atoms with van der Waals surface area (Å²) >= 11 is 0. The number of pyridine rings is 1. The van der Waals surface area contributed by atoms with Gasteiger partial charge in [0.2, 0.25) is 0 Å². The van der Waals surface area contributed by atoms with E-state index in [0.717, 1.165) is 5.56 Å². The van der Waals surface area contributed by atoms with Crippen LogP contribution in [0.15, 0.2) is 45.6 Å². The van der Waals surface area contributed by atoms with E-state index in [1.807, 2.05) is 0 Å². The van der Waals surface area contributed by atoms with Gasteiger partial charge in [-0.1, -0.05) is 5.16 Å². The molecule has 0 bridgehead atoms. The quantitative estimate of drug-likeness (QED) is 0.739. The van der Waals surface area contributed by atoms with Crippen molar-refractivity contribution in [3.63, 3.8) is 0 Å². The molecule has 25 heavy (non-hydrogen) atoms. The third-order valence-corrected chi connectivity index (χ3v) is 3.92. The van der Waals surface area contributed by atoms with Gasteiger partial charge in [0.05, 0.1) is 6.54 Å². The van der Waals surface area contributed by atoms with Crippen LogP contribution in [0.1, 0.15) is 34.5 Å². The lowest BCUT2D eigenvalue weighted by Crippen LogP contribution is -2.38. The molecule has 3 aromatic rings. The molecule has 0 fully saturated rings. The number of nitrogens with one attached hydrogen (secondary N) is 1. The number of rotatable bonds is 5. The average molecular weight is 341 g/mol. The number of amides is 1. The minimum Gasteiger partial charge on any atom is -0.466 e. The lowest BCUT2D eigenvalue weighted by atomic mass is 9.96. The summed E-state index contributed by atoms with van der Waals surface area (Å²) in [6.07, 6.45) is 3.26. The minimum absolute atomic E-state index is 0.0170. The van der Waals surface area contributed by atoms with Crippen molar-refractivity contribution in [1.82, 2.24) is 15.5 Å². The number of aliphatic hydroxyl groups is 1. The molecule has 3 rings (SSSR count). The molecule has 0 spiro atoms. The number of aromatic nitrogens is 2. The van der Waals surface area contributed by atoms with Crippen LogP contribution in [0.2, 0.25) is 0 Å². The summed E-state index contributed by atoms with van der Waals surface area (Å²) in [4.78, 5) is 16.2. The molecule has 1 amide bonds. The van der Waals surface area contributed by atoms with E-state index in [1.165, 1.54) is 0 Å². The van der Waals surface area contributed by atoms with E-state index in [-0.39, 0.29) is 12.2 Å². The van der Waals surface area contributed by atoms with Crippen molar-refractivity contribution >= 4 is 5.91 Å². The number of carbonyl (C=O) groups excluding carboxylic acids is 1. The molecule has 2 N–H and O–H groups in total. The second-order valence-electron chi connectivity index (χ2n) is 6.10. The minimum atomic E-state index is -1.25. The molecule has 0 aliphatic rings. The van der Waals surface area contributed by atoms with Gasteiger partial charge in [0.1, 0.15) is 17.1 Å². The van der Waals surface area contributed by atoms with Crippen molar-refractivity contribution in [1.29, 1.82) is 0 Å². The molecule has 130 valence electrons. The summed E-state index contributed by atoms with van der Waals surface area (Å²) in [7, 11) is 0. The maximum Gasteiger partial charge on any atom is 0.273 e. The average Bonchev–Trinajstić information content (AvgIpc) is 3.20. The van der Waals surface area contributed by atoms with Crippen LogP contribution in [0.3, 0.4) is 0 Å². The van der Waals surface area contributed by atoms with Crippen LogP contribution in [0.25, 0.3) is 11.3 Å². The Balaban J connectivity index is 1.69. The van der Waals surface area contributed by atoms with E-state index >= 15 is 0 Å². The van der Waals surface area contributed by atoms with E-state index in [4.69, 9.17) is 8.94 Å². The monoisotopic (exact) mass is 341 g/mol. The van der Waals surface area contributed by atoms with Crippen LogP contribution < -0.4 is 5.32 Å². The first-order valence-electron chi connectivity index (χ1n) is 7.82. The summed E-state index contributed by atoms with van der Waals surface area (Å²) in [6.45, 7) is 5.22. The van der Waals surface area contributed by atoms with Crippen LogP contribution in [0, 0.1) is 13.8 Å². The smallest absolute Gasteiger partial charge is 0.273 e. The van der Waals surface area contributed by atoms with Gasteiger partial charge in [0.25, 0.3) is 5.91 Å². The molecule has 0 radical (unpaired) electrons. The number of carbonyl (C=O) groups is 1. The number of hydrogen-bond acceptors (Lipinski definition) is 6. The molecule has 0 saturated carbocycles. The zero-order valence-corrected chi connectivity index (χ0v) is 14.2. The second kappa shape index (κ2) is 6.52. The Kier molecular flexibility index (Phi) is 4.41. The fourth-order valence-corrected chi connectivity index (χ4v) is 2.64. The largest absolute Gasteiger partial charge is 0.466 e. The highest BCUT2D eigenvalue weighted by molar-refractivity contribution is 5.93. The Bertz CT molecular complexity index is 881. The first-order valence-corrected chi connectivity index (χ1v) is 7.82. The summed E-state index contributed by atoms with van der Waals surface area (Å²) in [5.41, 5.74) is 0.304. The zero-order valence-electron chi connectivity index (χ0n) is 14.2. The predicted octanol–water partition coefficient (Wildman–Crippen LogP) is 2.58. The molecule has 3 aromatic heterocycles. The molecule has 0 aliphatic heterocycles. The van der Waals surface area contributed by atoms with Gasteiger partial charge in [0, 0.05) is 29.6 Å². The molecule has 0 aliphatic carbocycles. The highest BCUT2D eigenvalue weighted by Gasteiger charge is 2.28. The van der Waals surface area contributed by atoms with Crippen molar-refractivity contribution in [3.05, 3.63) is 59.4 Å². The predicted molar refractivity (Wildman–Crippen MR) is 89.8 cm³/mol. The van der Waals surface area contributed by atoms with E-state index in [9.17, 15) is 9.90 Å². The standard InChI is InChI=1S/C18H19N3O4/c1-11-8-14(12(2)24-11)18(3,23)10-20-17(22)15-9-16(25-21-15)13-4-6-19-7-5-13/h4-9,23H,10H2,1-3H3,(H,20,22). The summed E-state index contributed by atoms with van der Waals surface area (Å²) < 4.78 is 10.6. The Morgan fingerprint density at radius 1 is 1.28 bits per heavy atom. The Morgan fingerprint density at radius 3 is 2.64 bits per heavy atom. The molecule has 3 heterocycles. The summed E-state index contributed by atoms with van der Waals surface area (Å²) in [5.74, 6) is 1.37. The number of hydrogen-bond donors (Lipinski definition) is 2. The Morgan fingerprint density at radius 2 is 2.00 bits per heavy atom. The topological polar surface area (TPSA) is 101 Å². The maximum absolute atomic E-state index is 12.3. The molecular weight excluding hydrogens is 322 g/mol. The highest BCUT2D eigenvalue weighted by atomic mass is 16.5. The second-order valence-corrected chi connectivity index (χ2v) is 6.10. The molecular formula is C18H19N3O4. The highest BCUT2D eigenvalue weighted by Crippen LogP contribution is 2.26. The number of nitrogens with zero attached hydrogens (tertiary/aromatic N) is 2. The fourth-order valence-electron chi connectivity index (χ4n) is 2.64. The first-order chi connectivity index (χ1) is 11.9. The van der Waals surface area contributed by atoms with E-state index in [2.05, 4.69) is 15.5 Å². The molecule has 0 aromatic carbocycles. The lowest BCUT2D eigenvalue weighted by Gasteiger charge is -2.23. The van der Waals surface area contributed by atoms with Crippen molar-refractivity contribution in [2.75, 3.05) is 6.54 Å². The fraction of sp³-hybridized carbons (Fsp3) is 0.278. The molecule has 7 nitrogen and oxygen atoms in total. The van der Waals surface area contributed by atoms with Crippen LogP contribution in [0.4, 0.5) is 0 Å². The van der Waals surface area contributed by atoms with Crippen LogP contribution in [-0.2, 0) is 5.60 Å².